The van der Waals surface area contributed by atoms with Crippen molar-refractivity contribution in [3.8, 4) is 5.75 Å². The van der Waals surface area contributed by atoms with E-state index in [1.807, 2.05) is 0 Å². The molecule has 0 aromatic heterocycles. The number of benzene rings is 2. The van der Waals surface area contributed by atoms with Crippen molar-refractivity contribution in [2.45, 2.75) is 12.8 Å². The molecule has 0 unspecified atom stereocenters. The van der Waals surface area contributed by atoms with Crippen molar-refractivity contribution in [3.63, 3.8) is 0 Å². The monoisotopic (exact) mass is 376 g/mol. The van der Waals surface area contributed by atoms with Crippen LogP contribution in [-0.2, 0) is 6.18 Å². The normalized spacial score (nSPS) is 11.3. The van der Waals surface area contributed by atoms with Gasteiger partial charge in [-0.25, -0.2) is 0 Å². The number of ether oxygens (including phenoxy) is 1. The number of halogens is 5. The second-order valence-corrected chi connectivity index (χ2v) is 4.82. The Morgan fingerprint density at radius 2 is 1.81 bits per heavy atom. The number of nitrogens with zero attached hydrogens (tertiary/aromatic N) is 1. The molecule has 0 radical (unpaired) electrons. The van der Waals surface area contributed by atoms with Gasteiger partial charge in [0, 0.05) is 11.8 Å². The summed E-state index contributed by atoms with van der Waals surface area (Å²) in [6.45, 7) is -3.21. The molecule has 6 nitrogen and oxygen atoms in total. The first-order valence-electron chi connectivity index (χ1n) is 6.80. The van der Waals surface area contributed by atoms with E-state index in [1.54, 1.807) is 0 Å². The maximum atomic E-state index is 12.9. The number of para-hydroxylation sites is 1. The van der Waals surface area contributed by atoms with Crippen molar-refractivity contribution in [3.05, 3.63) is 63.7 Å². The highest BCUT2D eigenvalue weighted by atomic mass is 19.4. The fraction of sp³-hybridized carbons (Fsp3) is 0.133. The van der Waals surface area contributed by atoms with Gasteiger partial charge in [0.05, 0.1) is 10.5 Å². The lowest BCUT2D eigenvalue weighted by molar-refractivity contribution is -0.388. The summed E-state index contributed by atoms with van der Waals surface area (Å²) < 4.78 is 67.7. The van der Waals surface area contributed by atoms with Crippen molar-refractivity contribution in [1.29, 1.82) is 0 Å². The number of nitro groups is 1. The summed E-state index contributed by atoms with van der Waals surface area (Å²) >= 11 is 0. The summed E-state index contributed by atoms with van der Waals surface area (Å²) in [5.41, 5.74) is -3.49. The lowest BCUT2D eigenvalue weighted by atomic mass is 10.1. The Balaban J connectivity index is 2.35. The molecule has 0 heterocycles. The smallest absolute Gasteiger partial charge is 0.423 e. The molecule has 11 heteroatoms. The summed E-state index contributed by atoms with van der Waals surface area (Å²) in [5.74, 6) is -1.50. The van der Waals surface area contributed by atoms with Gasteiger partial charge in [0.1, 0.15) is 11.3 Å². The molecule has 0 atom stereocenters. The van der Waals surface area contributed by atoms with Crippen LogP contribution < -0.4 is 10.1 Å². The minimum absolute atomic E-state index is 0.347. The van der Waals surface area contributed by atoms with Gasteiger partial charge in [-0.3, -0.25) is 14.9 Å². The average molecular weight is 376 g/mol. The van der Waals surface area contributed by atoms with Gasteiger partial charge in [-0.2, -0.15) is 22.0 Å². The van der Waals surface area contributed by atoms with Gasteiger partial charge in [0.15, 0.2) is 0 Å². The van der Waals surface area contributed by atoms with Crippen LogP contribution in [0.1, 0.15) is 15.9 Å². The van der Waals surface area contributed by atoms with Crippen LogP contribution in [-0.4, -0.2) is 17.4 Å². The molecule has 26 heavy (non-hydrogen) atoms. The Labute approximate surface area is 142 Å². The number of nitrogens with one attached hydrogen (secondary N) is 1. The van der Waals surface area contributed by atoms with E-state index in [1.165, 1.54) is 12.1 Å². The Morgan fingerprint density at radius 1 is 1.15 bits per heavy atom. The van der Waals surface area contributed by atoms with Gasteiger partial charge in [0.2, 0.25) is 0 Å². The molecule has 0 aliphatic carbocycles. The maximum absolute atomic E-state index is 12.9. The number of nitro benzene ring substituents is 1. The molecule has 0 aliphatic heterocycles. The van der Waals surface area contributed by atoms with Crippen LogP contribution in [0.2, 0.25) is 0 Å². The predicted octanol–water partition coefficient (Wildman–Crippen LogP) is 4.47. The van der Waals surface area contributed by atoms with Gasteiger partial charge >= 0.3 is 12.8 Å². The number of carbonyl (C=O) groups excluding carboxylic acids is 1. The Kier molecular flexibility index (Phi) is 5.38. The van der Waals surface area contributed by atoms with Gasteiger partial charge in [-0.1, -0.05) is 12.1 Å². The van der Waals surface area contributed by atoms with Crippen LogP contribution in [0.25, 0.3) is 0 Å². The van der Waals surface area contributed by atoms with Crippen molar-refractivity contribution in [2.75, 3.05) is 5.32 Å². The highest BCUT2D eigenvalue weighted by Gasteiger charge is 2.38. The van der Waals surface area contributed by atoms with Crippen LogP contribution in [0.4, 0.5) is 33.3 Å². The molecule has 0 fully saturated rings. The molecule has 0 saturated heterocycles. The van der Waals surface area contributed by atoms with E-state index in [9.17, 15) is 36.9 Å². The van der Waals surface area contributed by atoms with Gasteiger partial charge < -0.3 is 10.1 Å². The molecule has 2 rings (SSSR count). The van der Waals surface area contributed by atoms with Gasteiger partial charge in [0.25, 0.3) is 11.6 Å². The van der Waals surface area contributed by atoms with Gasteiger partial charge in [-0.15, -0.1) is 0 Å². The number of hydrogen-bond donors (Lipinski definition) is 1. The Morgan fingerprint density at radius 3 is 2.38 bits per heavy atom. The molecule has 0 saturated carbocycles. The third-order valence-electron chi connectivity index (χ3n) is 3.10. The number of carbonyl (C=O) groups is 1. The highest BCUT2D eigenvalue weighted by Crippen LogP contribution is 2.37. The van der Waals surface area contributed by atoms with Gasteiger partial charge in [-0.05, 0) is 24.3 Å². The number of rotatable bonds is 5. The fourth-order valence-corrected chi connectivity index (χ4v) is 2.05. The molecule has 1 amide bonds. The second kappa shape index (κ2) is 7.33. The van der Waals surface area contributed by atoms with E-state index in [0.29, 0.717) is 12.1 Å². The molecular weight excluding hydrogens is 367 g/mol. The average Bonchev–Trinajstić information content (AvgIpc) is 2.53. The number of hydrogen-bond acceptors (Lipinski definition) is 4. The summed E-state index contributed by atoms with van der Waals surface area (Å²) in [7, 11) is 0. The summed E-state index contributed by atoms with van der Waals surface area (Å²) in [6.07, 6.45) is -5.03. The van der Waals surface area contributed by atoms with E-state index in [2.05, 4.69) is 10.1 Å². The molecule has 138 valence electrons. The molecule has 1 N–H and O–H groups in total. The van der Waals surface area contributed by atoms with E-state index < -0.39 is 46.3 Å². The predicted molar refractivity (Wildman–Crippen MR) is 79.1 cm³/mol. The largest absolute Gasteiger partial charge is 0.434 e. The van der Waals surface area contributed by atoms with Crippen LogP contribution in [0.5, 0.6) is 5.75 Å². The zero-order valence-corrected chi connectivity index (χ0v) is 12.6. The molecule has 2 aromatic carbocycles. The molecule has 0 spiro atoms. The number of amides is 1. The third kappa shape index (κ3) is 4.43. The summed E-state index contributed by atoms with van der Waals surface area (Å²) in [6, 6.07) is 6.72. The van der Waals surface area contributed by atoms with Crippen LogP contribution >= 0.6 is 0 Å². The van der Waals surface area contributed by atoms with Crippen molar-refractivity contribution in [1.82, 2.24) is 0 Å². The zero-order valence-electron chi connectivity index (χ0n) is 12.6. The van der Waals surface area contributed by atoms with Crippen molar-refractivity contribution in [2.24, 2.45) is 0 Å². The van der Waals surface area contributed by atoms with Crippen molar-refractivity contribution < 1.29 is 36.4 Å². The number of anilines is 1. The quantitative estimate of drug-likeness (QED) is 0.474. The second-order valence-electron chi connectivity index (χ2n) is 4.82. The first-order valence-corrected chi connectivity index (χ1v) is 6.80. The minimum atomic E-state index is -5.03. The molecule has 2 aromatic rings. The fourth-order valence-electron chi connectivity index (χ4n) is 2.05. The Bertz CT molecular complexity index is 839. The Hall–Kier alpha value is -3.24. The molecule has 0 aliphatic rings. The number of alkyl halides is 5. The van der Waals surface area contributed by atoms with E-state index in [4.69, 9.17) is 0 Å². The molecular formula is C15H9F5N2O4. The van der Waals surface area contributed by atoms with Crippen LogP contribution in [0.3, 0.4) is 0 Å². The molecule has 0 bridgehead atoms. The first kappa shape index (κ1) is 19.1. The third-order valence-corrected chi connectivity index (χ3v) is 3.10. The highest BCUT2D eigenvalue weighted by molar-refractivity contribution is 6.06. The van der Waals surface area contributed by atoms with Crippen LogP contribution in [0, 0.1) is 10.1 Å². The SMILES string of the molecule is O=C(Nc1ccc([N+](=O)[O-])c(C(F)(F)F)c1)c1ccccc1OC(F)F. The van der Waals surface area contributed by atoms with E-state index in [0.717, 1.165) is 18.2 Å². The van der Waals surface area contributed by atoms with E-state index in [-0.39, 0.29) is 5.56 Å². The minimum Gasteiger partial charge on any atom is -0.434 e. The first-order chi connectivity index (χ1) is 12.1. The lowest BCUT2D eigenvalue weighted by Crippen LogP contribution is -2.16. The summed E-state index contributed by atoms with van der Waals surface area (Å²) in [5, 5.41) is 12.8. The lowest BCUT2D eigenvalue weighted by Gasteiger charge is -2.12. The van der Waals surface area contributed by atoms with Crippen LogP contribution in [0.15, 0.2) is 42.5 Å². The topological polar surface area (TPSA) is 81.5 Å². The van der Waals surface area contributed by atoms with Crippen molar-refractivity contribution >= 4 is 17.3 Å². The maximum Gasteiger partial charge on any atom is 0.423 e. The van der Waals surface area contributed by atoms with E-state index >= 15 is 0 Å². The summed E-state index contributed by atoms with van der Waals surface area (Å²) in [4.78, 5) is 21.6. The zero-order chi connectivity index (χ0) is 19.5. The standard InChI is InChI=1S/C15H9F5N2O4/c16-14(17)26-12-4-2-1-3-9(12)13(23)21-8-5-6-11(22(24)25)10(7-8)15(18,19)20/h1-7,14H,(H,21,23).